The second-order valence-electron chi connectivity index (χ2n) is 6.17. The van der Waals surface area contributed by atoms with E-state index in [1.54, 1.807) is 0 Å². The van der Waals surface area contributed by atoms with Crippen molar-refractivity contribution in [2.75, 3.05) is 13.1 Å². The first-order chi connectivity index (χ1) is 11.4. The number of likely N-dealkylation sites (tertiary alicyclic amines) is 1. The number of rotatable bonds is 3. The number of aromatic nitrogens is 1. The Morgan fingerprint density at radius 1 is 1.00 bits per heavy atom. The topological polar surface area (TPSA) is 42.8 Å². The summed E-state index contributed by atoms with van der Waals surface area (Å²) in [5.74, 6) is 0. The minimum absolute atomic E-state index is 0.251. The van der Waals surface area contributed by atoms with Crippen LogP contribution in [0.4, 0.5) is 0 Å². The van der Waals surface area contributed by atoms with Crippen LogP contribution in [0.2, 0.25) is 0 Å². The molecule has 0 amide bonds. The van der Waals surface area contributed by atoms with Crippen molar-refractivity contribution in [3.05, 3.63) is 71.4 Å². The first kappa shape index (κ1) is 14.0. The lowest BCUT2D eigenvalue weighted by molar-refractivity contribution is 0.282. The van der Waals surface area contributed by atoms with Gasteiger partial charge in [0, 0.05) is 17.1 Å². The van der Waals surface area contributed by atoms with E-state index in [1.807, 2.05) is 12.1 Å². The standard InChI is InChI=1S/C20H19N3/c21-13-15-7-9-16(10-8-15)20(23-11-3-4-12-23)18-14-22-19-6-2-1-5-17(18)19/h1-2,5-10,14,20,22H,3-4,11-12H2. The summed E-state index contributed by atoms with van der Waals surface area (Å²) in [5.41, 5.74) is 4.48. The molecule has 3 nitrogen and oxygen atoms in total. The first-order valence-corrected chi connectivity index (χ1v) is 8.17. The van der Waals surface area contributed by atoms with Gasteiger partial charge in [-0.3, -0.25) is 4.90 Å². The summed E-state index contributed by atoms with van der Waals surface area (Å²) in [4.78, 5) is 5.96. The van der Waals surface area contributed by atoms with Gasteiger partial charge in [0.15, 0.2) is 0 Å². The molecule has 23 heavy (non-hydrogen) atoms. The molecule has 1 unspecified atom stereocenters. The highest BCUT2D eigenvalue weighted by atomic mass is 15.2. The Bertz CT molecular complexity index is 848. The molecule has 1 aliphatic heterocycles. The predicted molar refractivity (Wildman–Crippen MR) is 92.1 cm³/mol. The van der Waals surface area contributed by atoms with Crippen LogP contribution in [0, 0.1) is 11.3 Å². The van der Waals surface area contributed by atoms with E-state index in [1.165, 1.54) is 34.9 Å². The Kier molecular flexibility index (Phi) is 3.61. The van der Waals surface area contributed by atoms with E-state index in [0.717, 1.165) is 13.1 Å². The zero-order valence-electron chi connectivity index (χ0n) is 13.0. The molecule has 4 rings (SSSR count). The molecule has 1 atom stereocenters. The molecule has 0 saturated carbocycles. The quantitative estimate of drug-likeness (QED) is 0.787. The maximum atomic E-state index is 9.04. The molecular weight excluding hydrogens is 282 g/mol. The fourth-order valence-corrected chi connectivity index (χ4v) is 3.65. The number of nitrogens with zero attached hydrogens (tertiary/aromatic N) is 2. The van der Waals surface area contributed by atoms with Crippen LogP contribution in [0.15, 0.2) is 54.7 Å². The summed E-state index contributed by atoms with van der Waals surface area (Å²) in [6.07, 6.45) is 4.66. The molecule has 3 aromatic rings. The fraction of sp³-hybridized carbons (Fsp3) is 0.250. The molecule has 1 fully saturated rings. The molecule has 0 bridgehead atoms. The fourth-order valence-electron chi connectivity index (χ4n) is 3.65. The zero-order valence-corrected chi connectivity index (χ0v) is 13.0. The summed E-state index contributed by atoms with van der Waals surface area (Å²) in [5, 5.41) is 10.3. The Morgan fingerprint density at radius 3 is 2.48 bits per heavy atom. The smallest absolute Gasteiger partial charge is 0.0991 e. The van der Waals surface area contributed by atoms with Crippen molar-refractivity contribution >= 4 is 10.9 Å². The van der Waals surface area contributed by atoms with Gasteiger partial charge in [-0.15, -0.1) is 0 Å². The van der Waals surface area contributed by atoms with Crippen molar-refractivity contribution < 1.29 is 0 Å². The molecule has 1 saturated heterocycles. The summed E-state index contributed by atoms with van der Waals surface area (Å²) >= 11 is 0. The molecule has 2 aromatic carbocycles. The summed E-state index contributed by atoms with van der Waals surface area (Å²) in [7, 11) is 0. The Morgan fingerprint density at radius 2 is 1.74 bits per heavy atom. The van der Waals surface area contributed by atoms with E-state index < -0.39 is 0 Å². The molecule has 0 spiro atoms. The van der Waals surface area contributed by atoms with E-state index in [2.05, 4.69) is 58.5 Å². The maximum absolute atomic E-state index is 9.04. The predicted octanol–water partition coefficient (Wildman–Crippen LogP) is 4.22. The van der Waals surface area contributed by atoms with E-state index in [4.69, 9.17) is 5.26 Å². The van der Waals surface area contributed by atoms with Crippen LogP contribution < -0.4 is 0 Å². The van der Waals surface area contributed by atoms with Crippen LogP contribution in [0.3, 0.4) is 0 Å². The van der Waals surface area contributed by atoms with Gasteiger partial charge < -0.3 is 4.98 Å². The second kappa shape index (κ2) is 5.91. The number of nitriles is 1. The molecule has 1 N–H and O–H groups in total. The van der Waals surface area contributed by atoms with Crippen LogP contribution in [0.1, 0.15) is 35.6 Å². The van der Waals surface area contributed by atoms with Gasteiger partial charge in [0.2, 0.25) is 0 Å². The van der Waals surface area contributed by atoms with Gasteiger partial charge in [0.25, 0.3) is 0 Å². The minimum atomic E-state index is 0.251. The summed E-state index contributed by atoms with van der Waals surface area (Å²) in [6.45, 7) is 2.26. The monoisotopic (exact) mass is 301 g/mol. The van der Waals surface area contributed by atoms with E-state index in [-0.39, 0.29) is 6.04 Å². The van der Waals surface area contributed by atoms with Gasteiger partial charge in [0.1, 0.15) is 0 Å². The molecule has 3 heteroatoms. The van der Waals surface area contributed by atoms with Crippen LogP contribution in [0.25, 0.3) is 10.9 Å². The highest BCUT2D eigenvalue weighted by Crippen LogP contribution is 2.35. The van der Waals surface area contributed by atoms with Crippen LogP contribution in [-0.4, -0.2) is 23.0 Å². The molecular formula is C20H19N3. The molecule has 0 radical (unpaired) electrons. The average Bonchev–Trinajstić information content (AvgIpc) is 3.27. The minimum Gasteiger partial charge on any atom is -0.361 e. The lowest BCUT2D eigenvalue weighted by Gasteiger charge is -2.28. The van der Waals surface area contributed by atoms with Crippen molar-refractivity contribution in [2.45, 2.75) is 18.9 Å². The summed E-state index contributed by atoms with van der Waals surface area (Å²) < 4.78 is 0. The van der Waals surface area contributed by atoms with Gasteiger partial charge in [-0.2, -0.15) is 5.26 Å². The van der Waals surface area contributed by atoms with Gasteiger partial charge in [-0.05, 0) is 55.3 Å². The summed E-state index contributed by atoms with van der Waals surface area (Å²) in [6, 6.07) is 19.0. The number of benzene rings is 2. The number of aromatic amines is 1. The van der Waals surface area contributed by atoms with Crippen molar-refractivity contribution in [3.63, 3.8) is 0 Å². The number of hydrogen-bond acceptors (Lipinski definition) is 2. The first-order valence-electron chi connectivity index (χ1n) is 8.17. The molecule has 0 aliphatic carbocycles. The van der Waals surface area contributed by atoms with Gasteiger partial charge in [-0.1, -0.05) is 30.3 Å². The highest BCUT2D eigenvalue weighted by molar-refractivity contribution is 5.84. The molecule has 1 aliphatic rings. The Labute approximate surface area is 136 Å². The number of H-pyrrole nitrogens is 1. The van der Waals surface area contributed by atoms with Crippen molar-refractivity contribution in [1.82, 2.24) is 9.88 Å². The number of fused-ring (bicyclic) bond motifs is 1. The van der Waals surface area contributed by atoms with Crippen molar-refractivity contribution in [2.24, 2.45) is 0 Å². The normalized spacial score (nSPS) is 16.5. The van der Waals surface area contributed by atoms with Crippen LogP contribution in [-0.2, 0) is 0 Å². The Hall–Kier alpha value is -2.57. The SMILES string of the molecule is N#Cc1ccc(C(c2c[nH]c3ccccc23)N2CCCC2)cc1. The average molecular weight is 301 g/mol. The lowest BCUT2D eigenvalue weighted by atomic mass is 9.96. The molecule has 1 aromatic heterocycles. The third kappa shape index (κ3) is 2.52. The second-order valence-corrected chi connectivity index (χ2v) is 6.17. The lowest BCUT2D eigenvalue weighted by Crippen LogP contribution is -2.26. The Balaban J connectivity index is 1.83. The molecule has 2 heterocycles. The van der Waals surface area contributed by atoms with Gasteiger partial charge in [0.05, 0.1) is 17.7 Å². The van der Waals surface area contributed by atoms with E-state index in [0.29, 0.717) is 5.56 Å². The zero-order chi connectivity index (χ0) is 15.6. The van der Waals surface area contributed by atoms with Gasteiger partial charge >= 0.3 is 0 Å². The number of nitrogens with one attached hydrogen (secondary N) is 1. The van der Waals surface area contributed by atoms with Crippen LogP contribution >= 0.6 is 0 Å². The number of para-hydroxylation sites is 1. The van der Waals surface area contributed by atoms with Gasteiger partial charge in [-0.25, -0.2) is 0 Å². The van der Waals surface area contributed by atoms with E-state index >= 15 is 0 Å². The highest BCUT2D eigenvalue weighted by Gasteiger charge is 2.27. The maximum Gasteiger partial charge on any atom is 0.0991 e. The van der Waals surface area contributed by atoms with Crippen LogP contribution in [0.5, 0.6) is 0 Å². The third-order valence-corrected chi connectivity index (χ3v) is 4.78. The third-order valence-electron chi connectivity index (χ3n) is 4.78. The number of hydrogen-bond donors (Lipinski definition) is 1. The van der Waals surface area contributed by atoms with Crippen molar-refractivity contribution in [3.8, 4) is 6.07 Å². The molecule has 114 valence electrons. The van der Waals surface area contributed by atoms with Crippen molar-refractivity contribution in [1.29, 1.82) is 5.26 Å². The largest absolute Gasteiger partial charge is 0.361 e. The van der Waals surface area contributed by atoms with E-state index in [9.17, 15) is 0 Å².